The van der Waals surface area contributed by atoms with E-state index in [0.29, 0.717) is 16.8 Å². The monoisotopic (exact) mass is 409 g/mol. The van der Waals surface area contributed by atoms with E-state index in [-0.39, 0.29) is 43.6 Å². The van der Waals surface area contributed by atoms with Crippen molar-refractivity contribution in [2.45, 2.75) is 13.1 Å². The molecule has 0 unspecified atom stereocenters. The van der Waals surface area contributed by atoms with Crippen LogP contribution in [-0.4, -0.2) is 79.0 Å². The average Bonchev–Trinajstić information content (AvgIpc) is 3.27. The Bertz CT molecular complexity index is 1110. The lowest BCUT2D eigenvalue weighted by Gasteiger charge is -2.34. The van der Waals surface area contributed by atoms with Crippen LogP contribution in [0.1, 0.15) is 16.1 Å². The third kappa shape index (κ3) is 3.75. The molecule has 29 heavy (non-hydrogen) atoms. The van der Waals surface area contributed by atoms with E-state index in [4.69, 9.17) is 0 Å². The van der Waals surface area contributed by atoms with Crippen molar-refractivity contribution in [2.24, 2.45) is 0 Å². The van der Waals surface area contributed by atoms with Gasteiger partial charge in [-0.25, -0.2) is 9.20 Å². The molecule has 0 atom stereocenters. The molecular weight excluding hydrogens is 391 g/mol. The molecule has 1 fully saturated rings. The van der Waals surface area contributed by atoms with E-state index in [1.165, 1.54) is 25.2 Å². The highest BCUT2D eigenvalue weighted by molar-refractivity contribution is 5.95. The number of fused-ring (bicyclic) bond motifs is 1. The minimum Gasteiger partial charge on any atom is -0.336 e. The fourth-order valence-corrected chi connectivity index (χ4v) is 3.39. The second kappa shape index (κ2) is 7.03. The Morgan fingerprint density at radius 1 is 1.24 bits per heavy atom. The maximum atomic E-state index is 12.8. The Balaban J connectivity index is 1.52. The van der Waals surface area contributed by atoms with Crippen LogP contribution in [0.5, 0.6) is 0 Å². The van der Waals surface area contributed by atoms with Gasteiger partial charge in [-0.3, -0.25) is 19.5 Å². The molecule has 1 amide bonds. The summed E-state index contributed by atoms with van der Waals surface area (Å²) in [5, 5.41) is 8.44. The number of alkyl halides is 3. The molecule has 0 bridgehead atoms. The zero-order valence-electron chi connectivity index (χ0n) is 15.5. The van der Waals surface area contributed by atoms with Gasteiger partial charge in [0.05, 0.1) is 24.0 Å². The van der Waals surface area contributed by atoms with E-state index in [2.05, 4.69) is 15.2 Å². The number of rotatable bonds is 3. The van der Waals surface area contributed by atoms with Crippen molar-refractivity contribution in [3.63, 3.8) is 0 Å². The summed E-state index contributed by atoms with van der Waals surface area (Å²) >= 11 is 0. The number of carbonyl (C=O) groups is 1. The molecule has 1 saturated heterocycles. The van der Waals surface area contributed by atoms with Crippen LogP contribution in [0.3, 0.4) is 0 Å². The standard InChI is InChI=1S/C17H18F3N7O2/c1-11-12(15(29)25-7-5-24(6-8-25)10-17(18,19)20)9-21-27(11)16-22-14(28)13-3-2-4-26(13)23-16/h2-4,9H,5-8,10H2,1H3,(H,22,23,28). The summed E-state index contributed by atoms with van der Waals surface area (Å²) in [6.07, 6.45) is -1.26. The smallest absolute Gasteiger partial charge is 0.336 e. The van der Waals surface area contributed by atoms with E-state index < -0.39 is 12.7 Å². The Kier molecular flexibility index (Phi) is 4.65. The minimum absolute atomic E-state index is 0.150. The molecule has 1 aliphatic rings. The van der Waals surface area contributed by atoms with Crippen LogP contribution in [-0.2, 0) is 0 Å². The maximum Gasteiger partial charge on any atom is 0.401 e. The third-order valence-corrected chi connectivity index (χ3v) is 4.89. The molecule has 1 N–H and O–H groups in total. The van der Waals surface area contributed by atoms with Gasteiger partial charge in [0.2, 0.25) is 5.95 Å². The Morgan fingerprint density at radius 2 is 1.97 bits per heavy atom. The first-order chi connectivity index (χ1) is 13.7. The summed E-state index contributed by atoms with van der Waals surface area (Å²) in [6, 6.07) is 3.31. The van der Waals surface area contributed by atoms with E-state index >= 15 is 0 Å². The van der Waals surface area contributed by atoms with Gasteiger partial charge in [0.15, 0.2) is 0 Å². The zero-order chi connectivity index (χ0) is 20.8. The molecule has 12 heteroatoms. The Morgan fingerprint density at radius 3 is 2.66 bits per heavy atom. The van der Waals surface area contributed by atoms with E-state index in [0.717, 1.165) is 0 Å². The minimum atomic E-state index is -4.26. The molecule has 0 saturated carbocycles. The number of aromatic nitrogens is 5. The number of aromatic amines is 1. The van der Waals surface area contributed by atoms with Crippen molar-refractivity contribution in [3.05, 3.63) is 46.1 Å². The number of hydrogen-bond donors (Lipinski definition) is 1. The van der Waals surface area contributed by atoms with Crippen LogP contribution in [0.25, 0.3) is 11.5 Å². The van der Waals surface area contributed by atoms with Crippen molar-refractivity contribution >= 4 is 11.4 Å². The molecule has 0 aromatic carbocycles. The molecule has 154 valence electrons. The summed E-state index contributed by atoms with van der Waals surface area (Å²) in [7, 11) is 0. The second-order valence-corrected chi connectivity index (χ2v) is 6.85. The van der Waals surface area contributed by atoms with Crippen LogP contribution in [0, 0.1) is 6.92 Å². The van der Waals surface area contributed by atoms with Crippen molar-refractivity contribution < 1.29 is 18.0 Å². The zero-order valence-corrected chi connectivity index (χ0v) is 15.5. The van der Waals surface area contributed by atoms with Gasteiger partial charge in [-0.05, 0) is 19.1 Å². The number of nitrogens with one attached hydrogen (secondary N) is 1. The normalized spacial score (nSPS) is 15.9. The SMILES string of the molecule is Cc1c(C(=O)N2CCN(CC(F)(F)F)CC2)cnn1-c1nn2cccc2c(=O)[nH]1. The Hall–Kier alpha value is -3.15. The third-order valence-electron chi connectivity index (χ3n) is 4.89. The fraction of sp³-hybridized carbons (Fsp3) is 0.412. The summed E-state index contributed by atoms with van der Waals surface area (Å²) in [4.78, 5) is 30.4. The van der Waals surface area contributed by atoms with Gasteiger partial charge in [-0.1, -0.05) is 0 Å². The predicted octanol–water partition coefficient (Wildman–Crippen LogP) is 0.837. The van der Waals surface area contributed by atoms with Gasteiger partial charge in [0.1, 0.15) is 5.52 Å². The average molecular weight is 409 g/mol. The van der Waals surface area contributed by atoms with E-state index in [1.807, 2.05) is 0 Å². The highest BCUT2D eigenvalue weighted by Crippen LogP contribution is 2.19. The van der Waals surface area contributed by atoms with Gasteiger partial charge < -0.3 is 4.90 Å². The lowest BCUT2D eigenvalue weighted by atomic mass is 10.2. The van der Waals surface area contributed by atoms with Crippen molar-refractivity contribution in [3.8, 4) is 5.95 Å². The first-order valence-electron chi connectivity index (χ1n) is 8.94. The number of H-pyrrole nitrogens is 1. The molecule has 0 spiro atoms. The van der Waals surface area contributed by atoms with Crippen LogP contribution < -0.4 is 5.56 Å². The molecule has 0 radical (unpaired) electrons. The van der Waals surface area contributed by atoms with E-state index in [1.54, 1.807) is 25.3 Å². The largest absolute Gasteiger partial charge is 0.401 e. The van der Waals surface area contributed by atoms with Crippen LogP contribution in [0.15, 0.2) is 29.3 Å². The molecule has 4 rings (SSSR count). The van der Waals surface area contributed by atoms with Gasteiger partial charge in [-0.2, -0.15) is 18.3 Å². The quantitative estimate of drug-likeness (QED) is 0.692. The number of piperazine rings is 1. The number of hydrogen-bond acceptors (Lipinski definition) is 5. The van der Waals surface area contributed by atoms with Gasteiger partial charge in [0, 0.05) is 32.4 Å². The highest BCUT2D eigenvalue weighted by Gasteiger charge is 2.33. The van der Waals surface area contributed by atoms with Crippen LogP contribution >= 0.6 is 0 Å². The summed E-state index contributed by atoms with van der Waals surface area (Å²) in [5.74, 6) is -0.157. The maximum absolute atomic E-state index is 12.8. The van der Waals surface area contributed by atoms with Crippen LogP contribution in [0.2, 0.25) is 0 Å². The molecular formula is C17H18F3N7O2. The predicted molar refractivity (Wildman–Crippen MR) is 96.1 cm³/mol. The Labute approximate surface area is 162 Å². The summed E-state index contributed by atoms with van der Waals surface area (Å²) < 4.78 is 40.3. The highest BCUT2D eigenvalue weighted by atomic mass is 19.4. The first kappa shape index (κ1) is 19.2. The number of halogens is 3. The summed E-state index contributed by atoms with van der Waals surface area (Å²) in [6.45, 7) is 1.38. The lowest BCUT2D eigenvalue weighted by molar-refractivity contribution is -0.148. The second-order valence-electron chi connectivity index (χ2n) is 6.85. The summed E-state index contributed by atoms with van der Waals surface area (Å²) in [5.41, 5.74) is 0.821. The van der Waals surface area contributed by atoms with Gasteiger partial charge in [-0.15, -0.1) is 5.10 Å². The molecule has 3 aromatic heterocycles. The lowest BCUT2D eigenvalue weighted by Crippen LogP contribution is -2.51. The molecule has 1 aliphatic heterocycles. The fourth-order valence-electron chi connectivity index (χ4n) is 3.39. The number of amides is 1. The molecule has 3 aromatic rings. The van der Waals surface area contributed by atoms with E-state index in [9.17, 15) is 22.8 Å². The van der Waals surface area contributed by atoms with Crippen molar-refractivity contribution in [2.75, 3.05) is 32.7 Å². The number of carbonyl (C=O) groups excluding carboxylic acids is 1. The first-order valence-corrected chi connectivity index (χ1v) is 8.94. The molecule has 9 nitrogen and oxygen atoms in total. The van der Waals surface area contributed by atoms with Gasteiger partial charge >= 0.3 is 6.18 Å². The topological polar surface area (TPSA) is 91.5 Å². The molecule has 0 aliphatic carbocycles. The molecule has 4 heterocycles. The van der Waals surface area contributed by atoms with Crippen molar-refractivity contribution in [1.29, 1.82) is 0 Å². The van der Waals surface area contributed by atoms with Crippen LogP contribution in [0.4, 0.5) is 13.2 Å². The number of nitrogens with zero attached hydrogens (tertiary/aromatic N) is 6. The van der Waals surface area contributed by atoms with Gasteiger partial charge in [0.25, 0.3) is 11.5 Å². The van der Waals surface area contributed by atoms with Crippen molar-refractivity contribution in [1.82, 2.24) is 34.2 Å².